The number of ether oxygens (including phenoxy) is 1. The summed E-state index contributed by atoms with van der Waals surface area (Å²) in [7, 11) is 0. The standard InChI is InChI=1S/C26H25NO4/c1-2-26(16-24(28)29,18-10-4-3-5-11-18)27-25(30)31-17-23-21-14-8-6-12-19(21)20-13-7-9-15-22(20)23/h3-15,23H,2,16-17H2,1H3,(H,27,30)(H,28,29). The van der Waals surface area contributed by atoms with Crippen molar-refractivity contribution >= 4 is 12.1 Å². The fourth-order valence-corrected chi connectivity index (χ4v) is 4.48. The van der Waals surface area contributed by atoms with E-state index in [0.29, 0.717) is 6.42 Å². The third kappa shape index (κ3) is 4.04. The monoisotopic (exact) mass is 415 g/mol. The van der Waals surface area contributed by atoms with Gasteiger partial charge in [-0.2, -0.15) is 0 Å². The third-order valence-electron chi connectivity index (χ3n) is 6.07. The number of fused-ring (bicyclic) bond motifs is 3. The zero-order valence-electron chi connectivity index (χ0n) is 17.4. The van der Waals surface area contributed by atoms with Crippen LogP contribution in [0.5, 0.6) is 0 Å². The number of aliphatic carboxylic acids is 1. The molecule has 1 amide bonds. The number of carboxylic acid groups (broad SMARTS) is 1. The SMILES string of the molecule is CCC(CC(=O)O)(NC(=O)OCC1c2ccccc2-c2ccccc21)c1ccccc1. The summed E-state index contributed by atoms with van der Waals surface area (Å²) in [5.74, 6) is -1.03. The van der Waals surface area contributed by atoms with Gasteiger partial charge in [0.25, 0.3) is 0 Å². The molecule has 0 heterocycles. The lowest BCUT2D eigenvalue weighted by molar-refractivity contribution is -0.138. The van der Waals surface area contributed by atoms with Crippen molar-refractivity contribution in [3.63, 3.8) is 0 Å². The molecule has 0 saturated heterocycles. The first-order valence-electron chi connectivity index (χ1n) is 10.4. The van der Waals surface area contributed by atoms with E-state index in [1.807, 2.05) is 61.5 Å². The molecule has 1 unspecified atom stereocenters. The van der Waals surface area contributed by atoms with Gasteiger partial charge < -0.3 is 15.2 Å². The van der Waals surface area contributed by atoms with E-state index in [1.165, 1.54) is 0 Å². The maximum atomic E-state index is 12.8. The highest BCUT2D eigenvalue weighted by Crippen LogP contribution is 2.44. The van der Waals surface area contributed by atoms with Gasteiger partial charge >= 0.3 is 12.1 Å². The molecule has 0 radical (unpaired) electrons. The molecule has 0 spiro atoms. The number of nitrogens with one attached hydrogen (secondary N) is 1. The molecule has 31 heavy (non-hydrogen) atoms. The number of carbonyl (C=O) groups is 2. The number of hydrogen-bond acceptors (Lipinski definition) is 3. The highest BCUT2D eigenvalue weighted by molar-refractivity contribution is 5.79. The van der Waals surface area contributed by atoms with E-state index in [1.54, 1.807) is 0 Å². The number of hydrogen-bond donors (Lipinski definition) is 2. The predicted octanol–water partition coefficient (Wildman–Crippen LogP) is 5.31. The van der Waals surface area contributed by atoms with Crippen molar-refractivity contribution < 1.29 is 19.4 Å². The van der Waals surface area contributed by atoms with E-state index in [9.17, 15) is 14.7 Å². The van der Waals surface area contributed by atoms with Crippen molar-refractivity contribution in [2.75, 3.05) is 6.61 Å². The smallest absolute Gasteiger partial charge is 0.407 e. The van der Waals surface area contributed by atoms with Crippen molar-refractivity contribution in [3.05, 3.63) is 95.6 Å². The highest BCUT2D eigenvalue weighted by atomic mass is 16.5. The van der Waals surface area contributed by atoms with Crippen molar-refractivity contribution in [1.29, 1.82) is 0 Å². The first-order chi connectivity index (χ1) is 15.0. The van der Waals surface area contributed by atoms with Crippen LogP contribution in [0.4, 0.5) is 4.79 Å². The van der Waals surface area contributed by atoms with Crippen LogP contribution in [0, 0.1) is 0 Å². The van der Waals surface area contributed by atoms with Gasteiger partial charge in [-0.25, -0.2) is 4.79 Å². The second-order valence-electron chi connectivity index (χ2n) is 7.82. The predicted molar refractivity (Wildman–Crippen MR) is 119 cm³/mol. The summed E-state index contributed by atoms with van der Waals surface area (Å²) in [4.78, 5) is 24.4. The molecule has 1 aliphatic carbocycles. The number of carboxylic acids is 1. The molecule has 0 fully saturated rings. The Morgan fingerprint density at radius 3 is 2.00 bits per heavy atom. The lowest BCUT2D eigenvalue weighted by Gasteiger charge is -2.33. The first-order valence-corrected chi connectivity index (χ1v) is 10.4. The van der Waals surface area contributed by atoms with E-state index in [0.717, 1.165) is 27.8 Å². The fraction of sp³-hybridized carbons (Fsp3) is 0.231. The van der Waals surface area contributed by atoms with Gasteiger partial charge in [-0.05, 0) is 34.2 Å². The molecule has 1 atom stereocenters. The van der Waals surface area contributed by atoms with Gasteiger partial charge in [0.2, 0.25) is 0 Å². The van der Waals surface area contributed by atoms with Gasteiger partial charge in [0, 0.05) is 5.92 Å². The number of amides is 1. The Bertz CT molecular complexity index is 1050. The van der Waals surface area contributed by atoms with E-state index < -0.39 is 17.6 Å². The normalized spacial score (nSPS) is 14.2. The Kier molecular flexibility index (Phi) is 5.76. The quantitative estimate of drug-likeness (QED) is 0.549. The number of alkyl carbamates (subject to hydrolysis) is 1. The molecule has 5 heteroatoms. The van der Waals surface area contributed by atoms with Crippen LogP contribution >= 0.6 is 0 Å². The van der Waals surface area contributed by atoms with Crippen LogP contribution in [-0.4, -0.2) is 23.8 Å². The minimum atomic E-state index is -1.03. The van der Waals surface area contributed by atoms with Gasteiger partial charge in [0.15, 0.2) is 0 Å². The van der Waals surface area contributed by atoms with Crippen molar-refractivity contribution in [3.8, 4) is 11.1 Å². The average Bonchev–Trinajstić information content (AvgIpc) is 3.11. The van der Waals surface area contributed by atoms with Gasteiger partial charge in [-0.1, -0.05) is 85.8 Å². The van der Waals surface area contributed by atoms with Crippen LogP contribution in [0.3, 0.4) is 0 Å². The third-order valence-corrected chi connectivity index (χ3v) is 6.07. The zero-order valence-corrected chi connectivity index (χ0v) is 17.4. The average molecular weight is 415 g/mol. The Balaban J connectivity index is 1.54. The summed E-state index contributed by atoms with van der Waals surface area (Å²) < 4.78 is 5.66. The van der Waals surface area contributed by atoms with E-state index >= 15 is 0 Å². The maximum Gasteiger partial charge on any atom is 0.407 e. The molecule has 4 rings (SSSR count). The summed E-state index contributed by atoms with van der Waals surface area (Å²) in [6, 6.07) is 25.5. The molecular weight excluding hydrogens is 390 g/mol. The Morgan fingerprint density at radius 2 is 1.45 bits per heavy atom. The molecule has 3 aromatic carbocycles. The van der Waals surface area contributed by atoms with E-state index in [4.69, 9.17) is 4.74 Å². The summed E-state index contributed by atoms with van der Waals surface area (Å²) >= 11 is 0. The molecular formula is C26H25NO4. The minimum absolute atomic E-state index is 0.0506. The summed E-state index contributed by atoms with van der Waals surface area (Å²) in [6.07, 6.45) is -0.417. The summed E-state index contributed by atoms with van der Waals surface area (Å²) in [6.45, 7) is 2.04. The summed E-state index contributed by atoms with van der Waals surface area (Å²) in [5, 5.41) is 12.3. The number of rotatable bonds is 7. The Hall–Kier alpha value is -3.60. The van der Waals surface area contributed by atoms with Gasteiger partial charge in [0.05, 0.1) is 12.0 Å². The molecule has 0 aromatic heterocycles. The number of benzene rings is 3. The maximum absolute atomic E-state index is 12.8. The second-order valence-corrected chi connectivity index (χ2v) is 7.82. The minimum Gasteiger partial charge on any atom is -0.481 e. The fourth-order valence-electron chi connectivity index (χ4n) is 4.48. The van der Waals surface area contributed by atoms with Gasteiger partial charge in [-0.3, -0.25) is 4.79 Å². The van der Waals surface area contributed by atoms with Crippen LogP contribution in [0.25, 0.3) is 11.1 Å². The van der Waals surface area contributed by atoms with Crippen molar-refractivity contribution in [2.45, 2.75) is 31.2 Å². The van der Waals surface area contributed by atoms with Crippen molar-refractivity contribution in [1.82, 2.24) is 5.32 Å². The van der Waals surface area contributed by atoms with Crippen molar-refractivity contribution in [2.24, 2.45) is 0 Å². The summed E-state index contributed by atoms with van der Waals surface area (Å²) in [5.41, 5.74) is 4.29. The Morgan fingerprint density at radius 1 is 0.903 bits per heavy atom. The topological polar surface area (TPSA) is 75.6 Å². The second kappa shape index (κ2) is 8.64. The molecule has 2 N–H and O–H groups in total. The van der Waals surface area contributed by atoms with Gasteiger partial charge in [-0.15, -0.1) is 0 Å². The number of carbonyl (C=O) groups excluding carboxylic acids is 1. The highest BCUT2D eigenvalue weighted by Gasteiger charge is 2.36. The molecule has 0 saturated carbocycles. The van der Waals surface area contributed by atoms with E-state index in [-0.39, 0.29) is 18.9 Å². The lowest BCUT2D eigenvalue weighted by atomic mass is 9.84. The van der Waals surface area contributed by atoms with Crippen LogP contribution in [0.1, 0.15) is 42.4 Å². The molecule has 0 bridgehead atoms. The molecule has 0 aliphatic heterocycles. The van der Waals surface area contributed by atoms with Crippen LogP contribution in [0.2, 0.25) is 0 Å². The zero-order chi connectivity index (χ0) is 21.8. The molecule has 5 nitrogen and oxygen atoms in total. The molecule has 158 valence electrons. The van der Waals surface area contributed by atoms with Gasteiger partial charge in [0.1, 0.15) is 6.61 Å². The van der Waals surface area contributed by atoms with Crippen LogP contribution in [-0.2, 0) is 15.1 Å². The Labute approximate surface area is 181 Å². The van der Waals surface area contributed by atoms with Crippen LogP contribution in [0.15, 0.2) is 78.9 Å². The largest absolute Gasteiger partial charge is 0.481 e. The van der Waals surface area contributed by atoms with E-state index in [2.05, 4.69) is 29.6 Å². The first kappa shape index (κ1) is 20.7. The van der Waals surface area contributed by atoms with Crippen LogP contribution < -0.4 is 5.32 Å². The lowest BCUT2D eigenvalue weighted by Crippen LogP contribution is -2.47. The molecule has 3 aromatic rings. The molecule has 1 aliphatic rings.